The third kappa shape index (κ3) is 1.92. The minimum atomic E-state index is -1.03. The summed E-state index contributed by atoms with van der Waals surface area (Å²) in [4.78, 5) is 2.72. The fraction of sp³-hybridized carbons (Fsp3) is 1.00. The number of nitrogens with zero attached hydrogens (tertiary/aromatic N) is 3. The predicted molar refractivity (Wildman–Crippen MR) is 48.7 cm³/mol. The summed E-state index contributed by atoms with van der Waals surface area (Å²) in [5.41, 5.74) is 8.38. The number of azide groups is 1. The summed E-state index contributed by atoms with van der Waals surface area (Å²) in [5, 5.41) is 13.1. The van der Waals surface area contributed by atoms with Crippen molar-refractivity contribution in [3.05, 3.63) is 10.4 Å². The maximum atomic E-state index is 9.54. The van der Waals surface area contributed by atoms with E-state index in [0.717, 1.165) is 0 Å². The van der Waals surface area contributed by atoms with Gasteiger partial charge in [-0.1, -0.05) is 5.11 Å². The molecule has 2 fully saturated rings. The SMILES string of the molecule is CC1(C)O[C@@H]2[C@H](O1)[C@@H](O)OC[C@H]2N=[N+]=[N-]. The molecular weight excluding hydrogens is 202 g/mol. The van der Waals surface area contributed by atoms with Crippen molar-refractivity contribution >= 4 is 0 Å². The molecule has 0 aliphatic carbocycles. The van der Waals surface area contributed by atoms with Gasteiger partial charge in [-0.25, -0.2) is 0 Å². The van der Waals surface area contributed by atoms with Gasteiger partial charge in [0.2, 0.25) is 0 Å². The van der Waals surface area contributed by atoms with Gasteiger partial charge in [0.1, 0.15) is 12.2 Å². The topological polar surface area (TPSA) is 96.7 Å². The molecule has 2 heterocycles. The van der Waals surface area contributed by atoms with Crippen molar-refractivity contribution in [2.24, 2.45) is 5.11 Å². The monoisotopic (exact) mass is 215 g/mol. The molecule has 84 valence electrons. The van der Waals surface area contributed by atoms with Gasteiger partial charge in [-0.2, -0.15) is 0 Å². The van der Waals surface area contributed by atoms with E-state index in [4.69, 9.17) is 19.7 Å². The summed E-state index contributed by atoms with van der Waals surface area (Å²) in [6, 6.07) is -0.454. The standard InChI is InChI=1S/C8H13N3O4/c1-8(2)14-5-4(10-11-9)3-13-7(12)6(5)15-8/h4-7,12H,3H2,1-2H3/t4-,5+,6+,7+/m1/s1. The molecule has 2 rings (SSSR count). The molecule has 15 heavy (non-hydrogen) atoms. The second-order valence-corrected chi connectivity index (χ2v) is 4.06. The van der Waals surface area contributed by atoms with Gasteiger partial charge in [-0.05, 0) is 19.4 Å². The van der Waals surface area contributed by atoms with E-state index in [1.165, 1.54) is 0 Å². The van der Waals surface area contributed by atoms with E-state index in [1.54, 1.807) is 13.8 Å². The van der Waals surface area contributed by atoms with Gasteiger partial charge in [0.05, 0.1) is 12.6 Å². The lowest BCUT2D eigenvalue weighted by Gasteiger charge is -2.31. The molecule has 7 nitrogen and oxygen atoms in total. The fourth-order valence-electron chi connectivity index (χ4n) is 1.89. The van der Waals surface area contributed by atoms with Crippen LogP contribution in [0.1, 0.15) is 13.8 Å². The number of aliphatic hydroxyl groups is 1. The molecule has 0 aromatic carbocycles. The molecule has 1 N–H and O–H groups in total. The number of hydrogen-bond acceptors (Lipinski definition) is 5. The van der Waals surface area contributed by atoms with Crippen molar-refractivity contribution in [3.8, 4) is 0 Å². The molecule has 0 aromatic heterocycles. The van der Waals surface area contributed by atoms with Crippen LogP contribution in [0.15, 0.2) is 5.11 Å². The van der Waals surface area contributed by atoms with Crippen LogP contribution >= 0.6 is 0 Å². The van der Waals surface area contributed by atoms with Crippen LogP contribution in [0.4, 0.5) is 0 Å². The normalized spacial score (nSPS) is 43.1. The molecule has 0 aromatic rings. The minimum absolute atomic E-state index is 0.145. The first-order valence-corrected chi connectivity index (χ1v) is 4.73. The summed E-state index contributed by atoms with van der Waals surface area (Å²) in [6.45, 7) is 3.63. The highest BCUT2D eigenvalue weighted by atomic mass is 16.8. The molecule has 0 spiro atoms. The predicted octanol–water partition coefficient (Wildman–Crippen LogP) is 0.534. The maximum absolute atomic E-state index is 9.54. The van der Waals surface area contributed by atoms with Gasteiger partial charge in [-0.15, -0.1) is 0 Å². The second kappa shape index (κ2) is 3.62. The Morgan fingerprint density at radius 1 is 1.40 bits per heavy atom. The Bertz CT molecular complexity index is 302. The zero-order chi connectivity index (χ0) is 11.1. The molecule has 7 heteroatoms. The number of hydrogen-bond donors (Lipinski definition) is 1. The summed E-state index contributed by atoms with van der Waals surface area (Å²) in [5.74, 6) is -0.784. The summed E-state index contributed by atoms with van der Waals surface area (Å²) >= 11 is 0. The van der Waals surface area contributed by atoms with E-state index in [0.29, 0.717) is 0 Å². The maximum Gasteiger partial charge on any atom is 0.183 e. The number of aliphatic hydroxyl groups excluding tert-OH is 1. The second-order valence-electron chi connectivity index (χ2n) is 4.06. The first-order valence-electron chi connectivity index (χ1n) is 4.73. The summed E-state index contributed by atoms with van der Waals surface area (Å²) in [7, 11) is 0. The lowest BCUT2D eigenvalue weighted by Crippen LogP contribution is -2.50. The van der Waals surface area contributed by atoms with E-state index in [2.05, 4.69) is 10.0 Å². The van der Waals surface area contributed by atoms with Gasteiger partial charge >= 0.3 is 0 Å². The Labute approximate surface area is 86.6 Å². The van der Waals surface area contributed by atoms with Crippen LogP contribution in [0.25, 0.3) is 10.4 Å². The highest BCUT2D eigenvalue weighted by Gasteiger charge is 2.51. The molecular formula is C8H13N3O4. The molecule has 0 saturated carbocycles. The molecule has 2 aliphatic heterocycles. The highest BCUT2D eigenvalue weighted by molar-refractivity contribution is 4.95. The van der Waals surface area contributed by atoms with E-state index in [-0.39, 0.29) is 6.61 Å². The molecule has 4 atom stereocenters. The van der Waals surface area contributed by atoms with Crippen LogP contribution in [-0.2, 0) is 14.2 Å². The molecule has 2 aliphatic rings. The Morgan fingerprint density at radius 2 is 2.07 bits per heavy atom. The zero-order valence-electron chi connectivity index (χ0n) is 8.53. The number of ether oxygens (including phenoxy) is 3. The Kier molecular flexibility index (Phi) is 2.57. The largest absolute Gasteiger partial charge is 0.366 e. The van der Waals surface area contributed by atoms with Crippen LogP contribution in [0.5, 0.6) is 0 Å². The third-order valence-corrected chi connectivity index (χ3v) is 2.46. The van der Waals surface area contributed by atoms with E-state index >= 15 is 0 Å². The Morgan fingerprint density at radius 3 is 2.73 bits per heavy atom. The number of rotatable bonds is 1. The van der Waals surface area contributed by atoms with E-state index in [1.807, 2.05) is 0 Å². The third-order valence-electron chi connectivity index (χ3n) is 2.46. The van der Waals surface area contributed by atoms with Gasteiger partial charge in [0.15, 0.2) is 12.1 Å². The van der Waals surface area contributed by atoms with Crippen molar-refractivity contribution in [1.29, 1.82) is 0 Å². The molecule has 0 bridgehead atoms. The van der Waals surface area contributed by atoms with Gasteiger partial charge in [0.25, 0.3) is 0 Å². The van der Waals surface area contributed by atoms with Gasteiger partial charge in [-0.3, -0.25) is 0 Å². The Hall–Kier alpha value is -0.850. The van der Waals surface area contributed by atoms with Crippen LogP contribution in [-0.4, -0.2) is 42.0 Å². The smallest absolute Gasteiger partial charge is 0.183 e. The Balaban J connectivity index is 2.19. The molecule has 0 radical (unpaired) electrons. The van der Waals surface area contributed by atoms with Gasteiger partial charge in [0, 0.05) is 4.91 Å². The van der Waals surface area contributed by atoms with Crippen LogP contribution in [0, 0.1) is 0 Å². The average molecular weight is 215 g/mol. The number of fused-ring (bicyclic) bond motifs is 1. The summed E-state index contributed by atoms with van der Waals surface area (Å²) in [6.07, 6.45) is -2.06. The summed E-state index contributed by atoms with van der Waals surface area (Å²) < 4.78 is 16.1. The minimum Gasteiger partial charge on any atom is -0.366 e. The molecule has 0 unspecified atom stereocenters. The highest BCUT2D eigenvalue weighted by Crippen LogP contribution is 2.35. The van der Waals surface area contributed by atoms with Crippen molar-refractivity contribution in [2.75, 3.05) is 6.61 Å². The quantitative estimate of drug-likeness (QED) is 0.392. The van der Waals surface area contributed by atoms with Crippen molar-refractivity contribution < 1.29 is 19.3 Å². The van der Waals surface area contributed by atoms with Crippen LogP contribution in [0.3, 0.4) is 0 Å². The van der Waals surface area contributed by atoms with E-state index in [9.17, 15) is 5.11 Å². The van der Waals surface area contributed by atoms with Gasteiger partial charge < -0.3 is 19.3 Å². The van der Waals surface area contributed by atoms with Crippen molar-refractivity contribution in [1.82, 2.24) is 0 Å². The average Bonchev–Trinajstić information content (AvgIpc) is 2.47. The molecule has 2 saturated heterocycles. The first kappa shape index (κ1) is 10.7. The first-order chi connectivity index (χ1) is 7.03. The molecule has 0 amide bonds. The van der Waals surface area contributed by atoms with Crippen molar-refractivity contribution in [2.45, 2.75) is 44.2 Å². The van der Waals surface area contributed by atoms with Crippen LogP contribution < -0.4 is 0 Å². The lowest BCUT2D eigenvalue weighted by molar-refractivity contribution is -0.209. The zero-order valence-corrected chi connectivity index (χ0v) is 8.53. The van der Waals surface area contributed by atoms with Crippen LogP contribution in [0.2, 0.25) is 0 Å². The van der Waals surface area contributed by atoms with E-state index < -0.39 is 30.3 Å². The van der Waals surface area contributed by atoms with Crippen molar-refractivity contribution in [3.63, 3.8) is 0 Å². The fourth-order valence-corrected chi connectivity index (χ4v) is 1.89. The lowest BCUT2D eigenvalue weighted by atomic mass is 10.0.